The first-order valence-corrected chi connectivity index (χ1v) is 13.4. The number of carbonyl (C=O) groups excluding carboxylic acids is 2. The molecule has 0 spiro atoms. The van der Waals surface area contributed by atoms with Crippen LogP contribution >= 0.6 is 11.8 Å². The summed E-state index contributed by atoms with van der Waals surface area (Å²) in [5.74, 6) is 0.775. The Bertz CT molecular complexity index is 1140. The van der Waals surface area contributed by atoms with Gasteiger partial charge >= 0.3 is 6.18 Å². The van der Waals surface area contributed by atoms with Crippen molar-refractivity contribution >= 4 is 35.3 Å². The van der Waals surface area contributed by atoms with Crippen LogP contribution in [-0.4, -0.2) is 49.4 Å². The Morgan fingerprint density at radius 2 is 1.76 bits per heavy atom. The molecule has 2 heterocycles. The zero-order valence-corrected chi connectivity index (χ0v) is 21.9. The van der Waals surface area contributed by atoms with E-state index in [0.29, 0.717) is 34.5 Å². The van der Waals surface area contributed by atoms with E-state index in [1.807, 2.05) is 18.2 Å². The van der Waals surface area contributed by atoms with Crippen LogP contribution in [0.1, 0.15) is 37.8 Å². The zero-order valence-electron chi connectivity index (χ0n) is 21.1. The van der Waals surface area contributed by atoms with Crippen LogP contribution in [0.15, 0.2) is 58.3 Å². The number of halogens is 3. The van der Waals surface area contributed by atoms with Crippen molar-refractivity contribution in [1.29, 1.82) is 0 Å². The van der Waals surface area contributed by atoms with Gasteiger partial charge in [0.1, 0.15) is 6.54 Å². The molecule has 2 aromatic rings. The van der Waals surface area contributed by atoms with Gasteiger partial charge in [-0.15, -0.1) is 0 Å². The van der Waals surface area contributed by atoms with E-state index in [-0.39, 0.29) is 18.4 Å². The minimum absolute atomic E-state index is 0.126. The summed E-state index contributed by atoms with van der Waals surface area (Å²) in [5, 5.41) is 2.94. The lowest BCUT2D eigenvalue weighted by Gasteiger charge is -2.35. The van der Waals surface area contributed by atoms with Gasteiger partial charge < -0.3 is 10.2 Å². The maximum absolute atomic E-state index is 13.3. The summed E-state index contributed by atoms with van der Waals surface area (Å²) in [4.78, 5) is 31.1. The highest BCUT2D eigenvalue weighted by molar-refractivity contribution is 8.04. The number of nitrogens with zero attached hydrogens (tertiary/aromatic N) is 2. The second-order valence-corrected chi connectivity index (χ2v) is 11.1. The molecule has 0 unspecified atom stereocenters. The number of anilines is 1. The highest BCUT2D eigenvalue weighted by Gasteiger charge is 2.32. The number of amides is 2. The molecule has 0 saturated carbocycles. The van der Waals surface area contributed by atoms with Crippen LogP contribution in [0.25, 0.3) is 6.08 Å². The number of fused-ring (bicyclic) bond motifs is 1. The Hall–Kier alpha value is -2.78. The second kappa shape index (κ2) is 11.7. The lowest BCUT2D eigenvalue weighted by atomic mass is 9.92. The molecule has 2 aliphatic heterocycles. The van der Waals surface area contributed by atoms with E-state index in [9.17, 15) is 22.8 Å². The fourth-order valence-corrected chi connectivity index (χ4v) is 6.10. The lowest BCUT2D eigenvalue weighted by molar-refractivity contribution is -0.137. The molecule has 1 N–H and O–H groups in total. The third-order valence-corrected chi connectivity index (χ3v) is 7.66. The van der Waals surface area contributed by atoms with Crippen molar-refractivity contribution in [2.75, 3.05) is 37.6 Å². The van der Waals surface area contributed by atoms with Crippen molar-refractivity contribution in [2.24, 2.45) is 11.8 Å². The summed E-state index contributed by atoms with van der Waals surface area (Å²) >= 11 is 1.25. The Morgan fingerprint density at radius 1 is 1.08 bits per heavy atom. The minimum atomic E-state index is -4.42. The minimum Gasteiger partial charge on any atom is -0.355 e. The molecule has 1 fully saturated rings. The number of likely N-dealkylation sites (tertiary alicyclic amines) is 1. The van der Waals surface area contributed by atoms with E-state index in [1.54, 1.807) is 12.1 Å². The van der Waals surface area contributed by atoms with Gasteiger partial charge in [0, 0.05) is 24.5 Å². The van der Waals surface area contributed by atoms with Gasteiger partial charge in [-0.05, 0) is 67.1 Å². The number of para-hydroxylation sites is 1. The third-order valence-electron chi connectivity index (χ3n) is 6.59. The molecule has 2 aromatic carbocycles. The number of benzene rings is 2. The van der Waals surface area contributed by atoms with E-state index in [2.05, 4.69) is 24.1 Å². The average Bonchev–Trinajstić information content (AvgIpc) is 2.83. The molecular weight excluding hydrogens is 499 g/mol. The largest absolute Gasteiger partial charge is 0.416 e. The standard InChI is InChI=1S/C28H32F3N3O2S/c1-19-14-20(2)17-33(16-19)13-5-12-32-26(35)18-34-23-6-3-4-7-24(23)37-25(27(34)36)15-21-8-10-22(11-9-21)28(29,30)31/h3-4,6-11,15,19-20H,5,12-14,16-18H2,1-2H3,(H,32,35)/b25-15-/t19-,20-/m1/s1. The van der Waals surface area contributed by atoms with E-state index >= 15 is 0 Å². The molecule has 1 saturated heterocycles. The van der Waals surface area contributed by atoms with Gasteiger partial charge in [0.2, 0.25) is 5.91 Å². The number of carbonyl (C=O) groups is 2. The molecule has 0 aliphatic carbocycles. The molecule has 37 heavy (non-hydrogen) atoms. The summed E-state index contributed by atoms with van der Waals surface area (Å²) in [6.45, 7) is 8.06. The van der Waals surface area contributed by atoms with Gasteiger partial charge in [-0.1, -0.05) is 49.9 Å². The molecule has 4 rings (SSSR count). The van der Waals surface area contributed by atoms with Crippen LogP contribution in [-0.2, 0) is 15.8 Å². The molecule has 0 aromatic heterocycles. The molecule has 5 nitrogen and oxygen atoms in total. The van der Waals surface area contributed by atoms with Crippen molar-refractivity contribution in [3.8, 4) is 0 Å². The highest BCUT2D eigenvalue weighted by atomic mass is 32.2. The Labute approximate surface area is 220 Å². The number of rotatable bonds is 7. The predicted molar refractivity (Wildman–Crippen MR) is 141 cm³/mol. The van der Waals surface area contributed by atoms with Crippen molar-refractivity contribution in [3.63, 3.8) is 0 Å². The van der Waals surface area contributed by atoms with Crippen molar-refractivity contribution < 1.29 is 22.8 Å². The van der Waals surface area contributed by atoms with Gasteiger partial charge in [0.15, 0.2) is 0 Å². The number of piperidine rings is 1. The van der Waals surface area contributed by atoms with Gasteiger partial charge in [-0.2, -0.15) is 13.2 Å². The van der Waals surface area contributed by atoms with Crippen LogP contribution in [0.5, 0.6) is 0 Å². The summed E-state index contributed by atoms with van der Waals surface area (Å²) in [7, 11) is 0. The van der Waals surface area contributed by atoms with Crippen LogP contribution in [0.3, 0.4) is 0 Å². The van der Waals surface area contributed by atoms with Crippen molar-refractivity contribution in [2.45, 2.75) is 37.8 Å². The maximum atomic E-state index is 13.3. The second-order valence-electron chi connectivity index (χ2n) is 10.00. The quantitative estimate of drug-likeness (QED) is 0.370. The highest BCUT2D eigenvalue weighted by Crippen LogP contribution is 2.42. The fraction of sp³-hybridized carbons (Fsp3) is 0.429. The van der Waals surface area contributed by atoms with Gasteiger partial charge in [0.25, 0.3) is 5.91 Å². The predicted octanol–water partition coefficient (Wildman–Crippen LogP) is 5.67. The van der Waals surface area contributed by atoms with E-state index in [4.69, 9.17) is 0 Å². The summed E-state index contributed by atoms with van der Waals surface area (Å²) < 4.78 is 38.7. The van der Waals surface area contributed by atoms with Crippen molar-refractivity contribution in [3.05, 3.63) is 64.6 Å². The van der Waals surface area contributed by atoms with Crippen molar-refractivity contribution in [1.82, 2.24) is 10.2 Å². The van der Waals surface area contributed by atoms with Crippen LogP contribution in [0, 0.1) is 11.8 Å². The van der Waals surface area contributed by atoms with E-state index in [0.717, 1.165) is 43.1 Å². The molecule has 2 amide bonds. The number of nitrogens with one attached hydrogen (secondary N) is 1. The molecule has 198 valence electrons. The average molecular weight is 532 g/mol. The van der Waals surface area contributed by atoms with Crippen LogP contribution < -0.4 is 10.2 Å². The lowest BCUT2D eigenvalue weighted by Crippen LogP contribution is -2.43. The smallest absolute Gasteiger partial charge is 0.355 e. The summed E-state index contributed by atoms with van der Waals surface area (Å²) in [6.07, 6.45) is -0.764. The van der Waals surface area contributed by atoms with Crippen LogP contribution in [0.4, 0.5) is 18.9 Å². The number of hydrogen-bond acceptors (Lipinski definition) is 4. The first-order chi connectivity index (χ1) is 17.6. The zero-order chi connectivity index (χ0) is 26.6. The van der Waals surface area contributed by atoms with E-state index in [1.165, 1.54) is 35.2 Å². The molecule has 2 aliphatic rings. The third kappa shape index (κ3) is 7.17. The Balaban J connectivity index is 1.39. The fourth-order valence-electron chi connectivity index (χ4n) is 5.04. The van der Waals surface area contributed by atoms with Gasteiger partial charge in [-0.25, -0.2) is 0 Å². The monoisotopic (exact) mass is 531 g/mol. The number of thioether (sulfide) groups is 1. The van der Waals surface area contributed by atoms with Gasteiger partial charge in [-0.3, -0.25) is 14.5 Å². The topological polar surface area (TPSA) is 52.7 Å². The molecule has 9 heteroatoms. The molecular formula is C28H32F3N3O2S. The number of alkyl halides is 3. The SMILES string of the molecule is C[C@@H]1C[C@@H](C)CN(CCCNC(=O)CN2C(=O)/C(=C/c3ccc(C(F)(F)F)cc3)Sc3ccccc32)C1. The van der Waals surface area contributed by atoms with Gasteiger partial charge in [0.05, 0.1) is 16.2 Å². The Morgan fingerprint density at radius 3 is 2.43 bits per heavy atom. The molecule has 0 radical (unpaired) electrons. The Kier molecular flexibility index (Phi) is 8.64. The van der Waals surface area contributed by atoms with E-state index < -0.39 is 11.7 Å². The first kappa shape index (κ1) is 27.3. The normalized spacial score (nSPS) is 21.7. The molecule has 0 bridgehead atoms. The summed E-state index contributed by atoms with van der Waals surface area (Å²) in [5.41, 5.74) is 0.382. The number of hydrogen-bond donors (Lipinski definition) is 1. The summed E-state index contributed by atoms with van der Waals surface area (Å²) in [6, 6.07) is 12.0. The molecule has 2 atom stereocenters. The van der Waals surface area contributed by atoms with Crippen LogP contribution in [0.2, 0.25) is 0 Å². The maximum Gasteiger partial charge on any atom is 0.416 e. The first-order valence-electron chi connectivity index (χ1n) is 12.6.